The number of ketones is 1. The van der Waals surface area contributed by atoms with Gasteiger partial charge in [0, 0.05) is 18.5 Å². The second kappa shape index (κ2) is 13.1. The first-order chi connectivity index (χ1) is 20.6. The molecule has 0 spiro atoms. The number of Topliss-reactive ketones (excluding diaryl/α,β-unsaturated/α-hetero) is 1. The molecule has 5 rings (SSSR count). The van der Waals surface area contributed by atoms with E-state index in [4.69, 9.17) is 9.47 Å². The summed E-state index contributed by atoms with van der Waals surface area (Å²) in [6, 6.07) is 22.4. The van der Waals surface area contributed by atoms with E-state index >= 15 is 0 Å². The molecule has 1 amide bonds. The third-order valence-electron chi connectivity index (χ3n) is 8.44. The minimum atomic E-state index is -0.727. The van der Waals surface area contributed by atoms with Gasteiger partial charge in [-0.1, -0.05) is 87.2 Å². The highest BCUT2D eigenvalue weighted by atomic mass is 16.5. The summed E-state index contributed by atoms with van der Waals surface area (Å²) in [5.74, 6) is -1.09. The number of rotatable bonds is 9. The molecule has 43 heavy (non-hydrogen) atoms. The summed E-state index contributed by atoms with van der Waals surface area (Å²) in [6.45, 7) is 13.3. The molecule has 2 aliphatic heterocycles. The molecular formula is C36H42N2O5. The van der Waals surface area contributed by atoms with Gasteiger partial charge in [-0.3, -0.25) is 9.59 Å². The van der Waals surface area contributed by atoms with Crippen LogP contribution >= 0.6 is 0 Å². The molecule has 1 N–H and O–H groups in total. The third kappa shape index (κ3) is 7.00. The average Bonchev–Trinajstić information content (AvgIpc) is 3.25. The minimum absolute atomic E-state index is 0.0216. The highest BCUT2D eigenvalue weighted by molar-refractivity contribution is 6.46. The van der Waals surface area contributed by atoms with Crippen LogP contribution < -0.4 is 14.7 Å². The molecule has 226 valence electrons. The van der Waals surface area contributed by atoms with Crippen LogP contribution in [0.15, 0.2) is 78.4 Å². The summed E-state index contributed by atoms with van der Waals surface area (Å²) in [5, 5.41) is 14.1. The van der Waals surface area contributed by atoms with Crippen molar-refractivity contribution in [1.82, 2.24) is 4.90 Å². The second-order valence-electron chi connectivity index (χ2n) is 12.6. The van der Waals surface area contributed by atoms with E-state index < -0.39 is 23.5 Å². The van der Waals surface area contributed by atoms with E-state index in [2.05, 4.69) is 20.8 Å². The number of ether oxygens (including phenoxy) is 2. The standard InChI is InChI=1S/C36H42N2O5/c1-25-23-29(43-24-26-9-6-5-7-10-26)15-16-30(25)33(39)31-32(27-11-13-28(14-12-27)36(2,3)4)38(35(41)34(31)40)18-8-17-37-19-21-42-22-20-37/h5-7,9-16,23,32,39H,8,17-22,24H2,1-4H3. The largest absolute Gasteiger partial charge is 0.872 e. The summed E-state index contributed by atoms with van der Waals surface area (Å²) in [7, 11) is 0. The van der Waals surface area contributed by atoms with Crippen LogP contribution in [0.4, 0.5) is 0 Å². The summed E-state index contributed by atoms with van der Waals surface area (Å²) in [6.07, 6.45) is 0.735. The van der Waals surface area contributed by atoms with Gasteiger partial charge >= 0.3 is 0 Å². The van der Waals surface area contributed by atoms with Crippen LogP contribution in [-0.4, -0.2) is 56.0 Å². The Hall–Kier alpha value is -3.94. The fourth-order valence-corrected chi connectivity index (χ4v) is 5.89. The van der Waals surface area contributed by atoms with Gasteiger partial charge in [-0.25, -0.2) is 0 Å². The first-order valence-corrected chi connectivity index (χ1v) is 15.2. The Balaban J connectivity index is 1.45. The number of nitrogens with one attached hydrogen (secondary N) is 1. The molecule has 1 unspecified atom stereocenters. The van der Waals surface area contributed by atoms with Crippen molar-refractivity contribution < 1.29 is 29.1 Å². The molecule has 7 heteroatoms. The van der Waals surface area contributed by atoms with Gasteiger partial charge < -0.3 is 24.4 Å². The topological polar surface area (TPSA) is 83.3 Å². The van der Waals surface area contributed by atoms with E-state index in [1.165, 1.54) is 4.90 Å². The lowest BCUT2D eigenvalue weighted by Crippen LogP contribution is -3.14. The molecule has 0 bridgehead atoms. The average molecular weight is 583 g/mol. The predicted molar refractivity (Wildman–Crippen MR) is 164 cm³/mol. The van der Waals surface area contributed by atoms with Gasteiger partial charge in [0.15, 0.2) is 0 Å². The van der Waals surface area contributed by atoms with Crippen LogP contribution in [0.1, 0.15) is 61.1 Å². The molecule has 2 saturated heterocycles. The highest BCUT2D eigenvalue weighted by Gasteiger charge is 2.44. The zero-order valence-corrected chi connectivity index (χ0v) is 25.7. The van der Waals surface area contributed by atoms with Crippen molar-refractivity contribution in [3.8, 4) is 5.75 Å². The van der Waals surface area contributed by atoms with E-state index in [0.717, 1.165) is 56.0 Å². The number of amides is 1. The molecule has 0 radical (unpaired) electrons. The van der Waals surface area contributed by atoms with E-state index in [1.807, 2.05) is 67.6 Å². The van der Waals surface area contributed by atoms with Crippen molar-refractivity contribution in [3.05, 3.63) is 106 Å². The molecule has 7 nitrogen and oxygen atoms in total. The van der Waals surface area contributed by atoms with Gasteiger partial charge in [-0.05, 0) is 52.3 Å². The van der Waals surface area contributed by atoms with E-state index in [1.54, 1.807) is 17.0 Å². The molecule has 2 aliphatic rings. The van der Waals surface area contributed by atoms with Gasteiger partial charge in [-0.15, -0.1) is 0 Å². The molecular weight excluding hydrogens is 540 g/mol. The second-order valence-corrected chi connectivity index (χ2v) is 12.6. The molecule has 1 atom stereocenters. The van der Waals surface area contributed by atoms with Crippen molar-refractivity contribution in [3.63, 3.8) is 0 Å². The zero-order valence-electron chi connectivity index (χ0n) is 25.7. The fourth-order valence-electron chi connectivity index (χ4n) is 5.89. The third-order valence-corrected chi connectivity index (χ3v) is 8.44. The van der Waals surface area contributed by atoms with Gasteiger partial charge in [0.25, 0.3) is 5.91 Å². The Morgan fingerprint density at radius 2 is 1.70 bits per heavy atom. The summed E-state index contributed by atoms with van der Waals surface area (Å²) in [4.78, 5) is 30.0. The van der Waals surface area contributed by atoms with Crippen LogP contribution in [0, 0.1) is 6.92 Å². The number of morpholine rings is 1. The monoisotopic (exact) mass is 582 g/mol. The summed E-state index contributed by atoms with van der Waals surface area (Å²) < 4.78 is 11.4. The van der Waals surface area contributed by atoms with Crippen molar-refractivity contribution in [2.75, 3.05) is 39.4 Å². The Labute approximate surface area is 254 Å². The number of aryl methyl sites for hydroxylation is 1. The highest BCUT2D eigenvalue weighted by Crippen LogP contribution is 2.40. The summed E-state index contributed by atoms with van der Waals surface area (Å²) in [5.41, 5.74) is 4.02. The molecule has 0 aromatic heterocycles. The maximum Gasteiger partial charge on any atom is 0.295 e. The smallest absolute Gasteiger partial charge is 0.295 e. The molecule has 0 aliphatic carbocycles. The maximum absolute atomic E-state index is 14.1. The lowest BCUT2D eigenvalue weighted by molar-refractivity contribution is -0.908. The Morgan fingerprint density at radius 1 is 1.00 bits per heavy atom. The quantitative estimate of drug-likeness (QED) is 0.238. The maximum atomic E-state index is 14.1. The summed E-state index contributed by atoms with van der Waals surface area (Å²) >= 11 is 0. The molecule has 0 saturated carbocycles. The number of nitrogens with zero attached hydrogens (tertiary/aromatic N) is 1. The van der Waals surface area contributed by atoms with Gasteiger partial charge in [-0.2, -0.15) is 0 Å². The fraction of sp³-hybridized carbons (Fsp3) is 0.389. The van der Waals surface area contributed by atoms with Crippen molar-refractivity contribution in [1.29, 1.82) is 0 Å². The van der Waals surface area contributed by atoms with Crippen LogP contribution in [0.5, 0.6) is 5.75 Å². The minimum Gasteiger partial charge on any atom is -0.872 e. The Morgan fingerprint density at radius 3 is 2.35 bits per heavy atom. The Kier molecular flexibility index (Phi) is 9.33. The zero-order chi connectivity index (χ0) is 30.6. The van der Waals surface area contributed by atoms with Crippen molar-refractivity contribution in [2.24, 2.45) is 0 Å². The van der Waals surface area contributed by atoms with E-state index in [-0.39, 0.29) is 11.0 Å². The predicted octanol–water partition coefficient (Wildman–Crippen LogP) is 3.40. The van der Waals surface area contributed by atoms with Crippen molar-refractivity contribution in [2.45, 2.75) is 52.2 Å². The van der Waals surface area contributed by atoms with E-state index in [9.17, 15) is 14.7 Å². The number of hydrogen-bond donors (Lipinski definition) is 1. The van der Waals surface area contributed by atoms with Gasteiger partial charge in [0.1, 0.15) is 25.4 Å². The van der Waals surface area contributed by atoms with Gasteiger partial charge in [0.05, 0.1) is 25.8 Å². The normalized spacial score (nSPS) is 19.2. The molecule has 2 fully saturated rings. The van der Waals surface area contributed by atoms with E-state index in [0.29, 0.717) is 30.0 Å². The van der Waals surface area contributed by atoms with Gasteiger partial charge in [0.2, 0.25) is 5.78 Å². The number of likely N-dealkylation sites (tertiary alicyclic amines) is 1. The Bertz CT molecular complexity index is 1470. The lowest BCUT2D eigenvalue weighted by atomic mass is 9.85. The lowest BCUT2D eigenvalue weighted by Gasteiger charge is -2.29. The number of benzene rings is 3. The number of hydrogen-bond acceptors (Lipinski definition) is 5. The van der Waals surface area contributed by atoms with Crippen LogP contribution in [0.3, 0.4) is 0 Å². The van der Waals surface area contributed by atoms with Crippen LogP contribution in [0.25, 0.3) is 5.76 Å². The number of carbonyl (C=O) groups excluding carboxylic acids is 2. The molecule has 2 heterocycles. The first-order valence-electron chi connectivity index (χ1n) is 15.2. The molecule has 3 aromatic rings. The first kappa shape index (κ1) is 30.5. The molecule has 3 aromatic carbocycles. The van der Waals surface area contributed by atoms with Crippen LogP contribution in [0.2, 0.25) is 0 Å². The number of quaternary nitrogens is 1. The van der Waals surface area contributed by atoms with Crippen molar-refractivity contribution >= 4 is 17.4 Å². The SMILES string of the molecule is Cc1cc(OCc2ccccc2)ccc1C([O-])=C1C(=O)C(=O)N(CCC[NH+]2CCOCC2)C1c1ccc(C(C)(C)C)cc1. The van der Waals surface area contributed by atoms with Crippen LogP contribution in [-0.2, 0) is 26.3 Å². The number of carbonyl (C=O) groups is 2.